The normalized spacial score (nSPS) is 18.6. The molecule has 2 aromatic carbocycles. The number of ether oxygens (including phenoxy) is 3. The van der Waals surface area contributed by atoms with Crippen molar-refractivity contribution in [2.24, 2.45) is 0 Å². The van der Waals surface area contributed by atoms with E-state index in [1.807, 2.05) is 62.1 Å². The summed E-state index contributed by atoms with van der Waals surface area (Å²) in [5, 5.41) is 7.95. The molecule has 0 aliphatic carbocycles. The summed E-state index contributed by atoms with van der Waals surface area (Å²) in [7, 11) is -1.68. The number of rotatable bonds is 5. The molecule has 15 heteroatoms. The van der Waals surface area contributed by atoms with E-state index < -0.39 is 49.0 Å². The number of nitrogens with one attached hydrogen (secondary N) is 2. The number of likely N-dealkylation sites (tertiary alicyclic amines) is 1. The highest BCUT2D eigenvalue weighted by atomic mass is 28.3. The quantitative estimate of drug-likeness (QED) is 0.149. The Hall–Kier alpha value is -5.18. The van der Waals surface area contributed by atoms with Crippen molar-refractivity contribution in [1.82, 2.24) is 29.5 Å². The number of anilines is 1. The fourth-order valence-electron chi connectivity index (χ4n) is 7.13. The predicted molar refractivity (Wildman–Crippen MR) is 217 cm³/mol. The number of fused-ring (bicyclic) bond motifs is 1. The molecule has 2 fully saturated rings. The van der Waals surface area contributed by atoms with Crippen molar-refractivity contribution < 1.29 is 33.4 Å². The van der Waals surface area contributed by atoms with Gasteiger partial charge in [-0.25, -0.2) is 19.4 Å². The molecule has 300 valence electrons. The number of carbonyl (C=O) groups is 4. The van der Waals surface area contributed by atoms with E-state index in [9.17, 15) is 19.2 Å². The maximum atomic E-state index is 13.7. The number of aromatic amines is 1. The van der Waals surface area contributed by atoms with Gasteiger partial charge in [-0.2, -0.15) is 4.68 Å². The molecule has 2 N–H and O–H groups in total. The summed E-state index contributed by atoms with van der Waals surface area (Å²) >= 11 is 0. The summed E-state index contributed by atoms with van der Waals surface area (Å²) in [5.41, 5.74) is 1.84. The molecule has 2 aliphatic heterocycles. The van der Waals surface area contributed by atoms with Crippen molar-refractivity contribution in [3.05, 3.63) is 54.5 Å². The van der Waals surface area contributed by atoms with Gasteiger partial charge in [0.15, 0.2) is 5.82 Å². The number of benzene rings is 2. The molecule has 0 radical (unpaired) electrons. The molecule has 2 saturated heterocycles. The molecule has 2 atom stereocenters. The standard InChI is InChI=1S/C41H55N7O7Si/c1-39(2,3)53-36(50)46-20-12-13-31(46)35(49)44-33-28-21-27(18-19-30(28)48(45-33)38(52)55-41(7,8)9)25-14-16-26(17-15-25)29-22-42-34(43-29)32-23-56(10,11)24-47(32)37(51)54-40(4,5)6/h14-19,21-22,31-32H,12-13,20,23-24H2,1-11H3,(H,42,43)(H,44,45,49)/t31-,32-/m0/s1. The van der Waals surface area contributed by atoms with E-state index in [4.69, 9.17) is 19.2 Å². The van der Waals surface area contributed by atoms with Gasteiger partial charge in [0.1, 0.15) is 28.7 Å². The fourth-order valence-corrected chi connectivity index (χ4v) is 10.00. The number of hydrogen-bond acceptors (Lipinski definition) is 9. The Labute approximate surface area is 329 Å². The third-order valence-corrected chi connectivity index (χ3v) is 12.1. The van der Waals surface area contributed by atoms with Crippen LogP contribution in [0.4, 0.5) is 20.2 Å². The Kier molecular flexibility index (Phi) is 10.6. The molecular weight excluding hydrogens is 731 g/mol. The second-order valence-electron chi connectivity index (χ2n) is 18.5. The Morgan fingerprint density at radius 2 is 1.36 bits per heavy atom. The molecule has 2 aromatic heterocycles. The Morgan fingerprint density at radius 3 is 1.98 bits per heavy atom. The van der Waals surface area contributed by atoms with Crippen molar-refractivity contribution in [1.29, 1.82) is 0 Å². The van der Waals surface area contributed by atoms with E-state index in [-0.39, 0.29) is 18.0 Å². The molecule has 14 nitrogen and oxygen atoms in total. The molecule has 0 saturated carbocycles. The van der Waals surface area contributed by atoms with Crippen LogP contribution in [0.5, 0.6) is 0 Å². The van der Waals surface area contributed by atoms with Crippen molar-refractivity contribution >= 4 is 49.0 Å². The van der Waals surface area contributed by atoms with Crippen molar-refractivity contribution in [2.45, 2.75) is 123 Å². The fraction of sp³-hybridized carbons (Fsp3) is 0.512. The SMILES string of the molecule is CC(C)(C)OC(=O)N1CCC[C@H]1C(=O)Nc1nn(C(=O)OC(C)(C)C)c2ccc(-c3ccc(-c4cnc([C@@H]5C[Si](C)(C)CN5C(=O)OC(C)(C)C)[nH]4)cc3)cc12. The number of imidazole rings is 1. The highest BCUT2D eigenvalue weighted by molar-refractivity contribution is 6.78. The van der Waals surface area contributed by atoms with E-state index in [2.05, 4.69) is 28.5 Å². The maximum absolute atomic E-state index is 13.7. The minimum absolute atomic E-state index is 0.175. The first-order chi connectivity index (χ1) is 26.0. The number of hydrogen-bond donors (Lipinski definition) is 2. The van der Waals surface area contributed by atoms with Gasteiger partial charge in [0, 0.05) is 18.1 Å². The third kappa shape index (κ3) is 9.26. The van der Waals surface area contributed by atoms with Crippen molar-refractivity contribution in [3.63, 3.8) is 0 Å². The topological polar surface area (TPSA) is 161 Å². The molecule has 56 heavy (non-hydrogen) atoms. The van der Waals surface area contributed by atoms with Gasteiger partial charge in [-0.05, 0) is 110 Å². The lowest BCUT2D eigenvalue weighted by Gasteiger charge is -2.28. The van der Waals surface area contributed by atoms with Crippen molar-refractivity contribution in [2.75, 3.05) is 18.0 Å². The van der Waals surface area contributed by atoms with Crippen LogP contribution in [-0.4, -0.2) is 97.4 Å². The first-order valence-corrected chi connectivity index (χ1v) is 22.6. The summed E-state index contributed by atoms with van der Waals surface area (Å²) in [5.74, 6) is 0.492. The van der Waals surface area contributed by atoms with Gasteiger partial charge in [0.2, 0.25) is 5.91 Å². The Balaban J connectivity index is 1.27. The monoisotopic (exact) mass is 785 g/mol. The van der Waals surface area contributed by atoms with Crippen LogP contribution < -0.4 is 5.32 Å². The van der Waals surface area contributed by atoms with Crippen LogP contribution >= 0.6 is 0 Å². The smallest absolute Gasteiger partial charge is 0.435 e. The van der Waals surface area contributed by atoms with Crippen molar-refractivity contribution in [3.8, 4) is 22.4 Å². The van der Waals surface area contributed by atoms with Gasteiger partial charge >= 0.3 is 18.3 Å². The second kappa shape index (κ2) is 14.7. The van der Waals surface area contributed by atoms with E-state index >= 15 is 0 Å². The van der Waals surface area contributed by atoms with Gasteiger partial charge in [-0.1, -0.05) is 43.4 Å². The minimum atomic E-state index is -1.68. The van der Waals surface area contributed by atoms with Gasteiger partial charge < -0.3 is 29.4 Å². The predicted octanol–water partition coefficient (Wildman–Crippen LogP) is 8.75. The lowest BCUT2D eigenvalue weighted by atomic mass is 10.0. The minimum Gasteiger partial charge on any atom is -0.444 e. The summed E-state index contributed by atoms with van der Waals surface area (Å²) in [6, 6.07) is 13.4. The first kappa shape index (κ1) is 40.5. The van der Waals surface area contributed by atoms with Gasteiger partial charge in [-0.15, -0.1) is 5.10 Å². The zero-order valence-electron chi connectivity index (χ0n) is 34.4. The molecule has 2 aliphatic rings. The number of aromatic nitrogens is 4. The number of amides is 3. The maximum Gasteiger partial charge on any atom is 0.435 e. The Morgan fingerprint density at radius 1 is 0.786 bits per heavy atom. The average molecular weight is 786 g/mol. The summed E-state index contributed by atoms with van der Waals surface area (Å²) in [6.07, 6.45) is 2.06. The molecule has 3 amide bonds. The molecule has 4 aromatic rings. The van der Waals surface area contributed by atoms with E-state index in [1.165, 1.54) is 4.90 Å². The van der Waals surface area contributed by atoms with Crippen LogP contribution in [0.2, 0.25) is 19.1 Å². The number of H-pyrrole nitrogens is 1. The van der Waals surface area contributed by atoms with Crippen LogP contribution in [0.15, 0.2) is 48.7 Å². The average Bonchev–Trinajstić information content (AvgIpc) is 3.87. The number of nitrogens with zero attached hydrogens (tertiary/aromatic N) is 5. The van der Waals surface area contributed by atoms with Crippen LogP contribution in [0.3, 0.4) is 0 Å². The van der Waals surface area contributed by atoms with Gasteiger partial charge in [0.05, 0.1) is 31.5 Å². The van der Waals surface area contributed by atoms with Crippen LogP contribution in [0.1, 0.15) is 87.0 Å². The summed E-state index contributed by atoms with van der Waals surface area (Å²) < 4.78 is 18.1. The Bertz CT molecular complexity index is 2140. The summed E-state index contributed by atoms with van der Waals surface area (Å²) in [4.78, 5) is 64.7. The molecule has 0 unspecified atom stereocenters. The van der Waals surface area contributed by atoms with Crippen LogP contribution in [0.25, 0.3) is 33.3 Å². The highest BCUT2D eigenvalue weighted by Gasteiger charge is 2.45. The molecule has 0 spiro atoms. The van der Waals surface area contributed by atoms with Crippen LogP contribution in [0, 0.1) is 0 Å². The molecule has 6 rings (SSSR count). The highest BCUT2D eigenvalue weighted by Crippen LogP contribution is 2.39. The van der Waals surface area contributed by atoms with Gasteiger partial charge in [-0.3, -0.25) is 9.69 Å². The second-order valence-corrected chi connectivity index (χ2v) is 23.6. The van der Waals surface area contributed by atoms with E-state index in [0.717, 1.165) is 38.9 Å². The van der Waals surface area contributed by atoms with E-state index in [0.29, 0.717) is 36.5 Å². The third-order valence-electron chi connectivity index (χ3n) is 9.46. The first-order valence-electron chi connectivity index (χ1n) is 19.2. The molecular formula is C41H55N7O7Si. The lowest BCUT2D eigenvalue weighted by Crippen LogP contribution is -2.45. The lowest BCUT2D eigenvalue weighted by molar-refractivity contribution is -0.120. The largest absolute Gasteiger partial charge is 0.444 e. The molecule has 0 bridgehead atoms. The molecule has 4 heterocycles. The van der Waals surface area contributed by atoms with Gasteiger partial charge in [0.25, 0.3) is 0 Å². The summed E-state index contributed by atoms with van der Waals surface area (Å²) in [6.45, 7) is 21.2. The van der Waals surface area contributed by atoms with Crippen LogP contribution in [-0.2, 0) is 19.0 Å². The number of carbonyl (C=O) groups excluding carboxylic acids is 4. The van der Waals surface area contributed by atoms with E-state index in [1.54, 1.807) is 53.8 Å². The zero-order chi connectivity index (χ0) is 41.0. The zero-order valence-corrected chi connectivity index (χ0v) is 35.4.